The summed E-state index contributed by atoms with van der Waals surface area (Å²) in [7, 11) is 0. The van der Waals surface area contributed by atoms with Gasteiger partial charge in [0, 0.05) is 12.6 Å². The average Bonchev–Trinajstić information content (AvgIpc) is 3.19. The average molecular weight is 249 g/mol. The van der Waals surface area contributed by atoms with E-state index in [0.717, 1.165) is 18.3 Å². The van der Waals surface area contributed by atoms with Crippen molar-refractivity contribution in [3.05, 3.63) is 18.1 Å². The normalized spacial score (nSPS) is 16.1. The molecule has 1 saturated carbocycles. The quantitative estimate of drug-likeness (QED) is 0.354. The molecule has 0 aliphatic heterocycles. The summed E-state index contributed by atoms with van der Waals surface area (Å²) in [6, 6.07) is 0.384. The summed E-state index contributed by atoms with van der Waals surface area (Å²) < 4.78 is 0. The molecule has 0 saturated heterocycles. The van der Waals surface area contributed by atoms with E-state index in [1.54, 1.807) is 6.20 Å². The van der Waals surface area contributed by atoms with Crippen molar-refractivity contribution in [3.63, 3.8) is 0 Å². The van der Waals surface area contributed by atoms with E-state index in [1.165, 1.54) is 19.0 Å². The van der Waals surface area contributed by atoms with Gasteiger partial charge in [-0.2, -0.15) is 0 Å². The van der Waals surface area contributed by atoms with E-state index < -0.39 is 0 Å². The predicted molar refractivity (Wildman–Crippen MR) is 69.7 cm³/mol. The molecule has 1 aliphatic carbocycles. The second-order valence-electron chi connectivity index (χ2n) is 4.93. The Morgan fingerprint density at radius 1 is 1.50 bits per heavy atom. The van der Waals surface area contributed by atoms with Crippen molar-refractivity contribution in [2.24, 2.45) is 16.8 Å². The maximum absolute atomic E-state index is 8.57. The summed E-state index contributed by atoms with van der Waals surface area (Å²) in [6.07, 6.45) is 5.82. The Morgan fingerprint density at radius 2 is 2.22 bits per heavy atom. The van der Waals surface area contributed by atoms with Crippen LogP contribution in [0.25, 0.3) is 0 Å². The molecule has 1 fully saturated rings. The third-order valence-electron chi connectivity index (χ3n) is 3.08. The predicted octanol–water partition coefficient (Wildman–Crippen LogP) is 1.20. The fourth-order valence-electron chi connectivity index (χ4n) is 1.80. The molecule has 98 valence electrons. The first-order chi connectivity index (χ1) is 8.61. The molecule has 2 rings (SSSR count). The lowest BCUT2D eigenvalue weighted by Gasteiger charge is -2.27. The van der Waals surface area contributed by atoms with Gasteiger partial charge in [-0.15, -0.1) is 0 Å². The highest BCUT2D eigenvalue weighted by Gasteiger charge is 2.26. The third kappa shape index (κ3) is 2.88. The van der Waals surface area contributed by atoms with E-state index in [0.29, 0.717) is 11.7 Å². The minimum absolute atomic E-state index is 0.0210. The number of anilines is 1. The second kappa shape index (κ2) is 5.20. The van der Waals surface area contributed by atoms with Gasteiger partial charge in [0.25, 0.3) is 0 Å². The Morgan fingerprint density at radius 3 is 2.67 bits per heavy atom. The van der Waals surface area contributed by atoms with Crippen LogP contribution in [0.2, 0.25) is 0 Å². The maximum atomic E-state index is 8.57. The molecule has 0 aromatic carbocycles. The lowest BCUT2D eigenvalue weighted by atomic mass is 10.2. The van der Waals surface area contributed by atoms with E-state index in [-0.39, 0.29) is 5.84 Å². The second-order valence-corrected chi connectivity index (χ2v) is 4.93. The van der Waals surface area contributed by atoms with Crippen molar-refractivity contribution in [1.29, 1.82) is 0 Å². The minimum atomic E-state index is -0.0210. The van der Waals surface area contributed by atoms with Gasteiger partial charge in [-0.25, -0.2) is 9.97 Å². The smallest absolute Gasteiger partial charge is 0.190 e. The molecule has 18 heavy (non-hydrogen) atoms. The Balaban J connectivity index is 2.14. The molecule has 1 aliphatic rings. The van der Waals surface area contributed by atoms with E-state index in [4.69, 9.17) is 10.9 Å². The van der Waals surface area contributed by atoms with Gasteiger partial charge in [0.15, 0.2) is 5.84 Å². The van der Waals surface area contributed by atoms with Gasteiger partial charge in [0.2, 0.25) is 0 Å². The molecule has 1 aromatic rings. The molecular weight excluding hydrogens is 230 g/mol. The number of nitrogens with two attached hydrogens (primary N) is 1. The first-order valence-corrected chi connectivity index (χ1v) is 6.18. The molecule has 1 heterocycles. The van der Waals surface area contributed by atoms with Crippen molar-refractivity contribution in [2.75, 3.05) is 11.4 Å². The monoisotopic (exact) mass is 249 g/mol. The molecule has 0 bridgehead atoms. The third-order valence-corrected chi connectivity index (χ3v) is 3.08. The largest absolute Gasteiger partial charge is 0.409 e. The van der Waals surface area contributed by atoms with Gasteiger partial charge in [-0.05, 0) is 32.6 Å². The molecule has 1 aromatic heterocycles. The summed E-state index contributed by atoms with van der Waals surface area (Å²) >= 11 is 0. The van der Waals surface area contributed by atoms with Crippen molar-refractivity contribution < 1.29 is 5.21 Å². The van der Waals surface area contributed by atoms with E-state index in [1.807, 2.05) is 0 Å². The molecule has 0 amide bonds. The number of aromatic nitrogens is 2. The first-order valence-electron chi connectivity index (χ1n) is 6.18. The van der Waals surface area contributed by atoms with Gasteiger partial charge in [-0.3, -0.25) is 0 Å². The van der Waals surface area contributed by atoms with Crippen LogP contribution in [0.4, 0.5) is 5.82 Å². The number of amidine groups is 1. The zero-order chi connectivity index (χ0) is 13.1. The highest BCUT2D eigenvalue weighted by atomic mass is 16.4. The van der Waals surface area contributed by atoms with Crippen LogP contribution in [0.5, 0.6) is 0 Å². The number of oxime groups is 1. The van der Waals surface area contributed by atoms with Crippen LogP contribution >= 0.6 is 0 Å². The number of hydrogen-bond donors (Lipinski definition) is 2. The van der Waals surface area contributed by atoms with Crippen molar-refractivity contribution in [3.8, 4) is 0 Å². The van der Waals surface area contributed by atoms with Crippen molar-refractivity contribution in [1.82, 2.24) is 9.97 Å². The summed E-state index contributed by atoms with van der Waals surface area (Å²) in [4.78, 5) is 10.7. The molecule has 3 N–H and O–H groups in total. The van der Waals surface area contributed by atoms with Crippen LogP contribution < -0.4 is 10.6 Å². The summed E-state index contributed by atoms with van der Waals surface area (Å²) in [6.45, 7) is 5.30. The molecule has 0 atom stereocenters. The molecule has 0 unspecified atom stereocenters. The van der Waals surface area contributed by atoms with Gasteiger partial charge in [0.1, 0.15) is 11.5 Å². The van der Waals surface area contributed by atoms with Crippen LogP contribution in [0.15, 0.2) is 17.5 Å². The zero-order valence-electron chi connectivity index (χ0n) is 10.7. The van der Waals surface area contributed by atoms with E-state index >= 15 is 0 Å². The number of hydrogen-bond acceptors (Lipinski definition) is 5. The van der Waals surface area contributed by atoms with Gasteiger partial charge in [-0.1, -0.05) is 5.16 Å². The Bertz CT molecular complexity index is 425. The highest BCUT2D eigenvalue weighted by molar-refractivity contribution is 5.94. The Labute approximate surface area is 107 Å². The van der Waals surface area contributed by atoms with Gasteiger partial charge in [0.05, 0.1) is 12.4 Å². The topological polar surface area (TPSA) is 87.6 Å². The molecular formula is C12H19N5O. The molecule has 0 radical (unpaired) electrons. The standard InChI is InChI=1S/C12H19N5O/c1-8(2)17(7-9-3-4-9)11-6-14-10(5-15-11)12(13)16-18/h5-6,8-9,18H,3-4,7H2,1-2H3,(H2,13,16). The molecule has 6 heteroatoms. The minimum Gasteiger partial charge on any atom is -0.409 e. The lowest BCUT2D eigenvalue weighted by molar-refractivity contribution is 0.318. The Kier molecular flexibility index (Phi) is 3.64. The number of nitrogens with zero attached hydrogens (tertiary/aromatic N) is 4. The lowest BCUT2D eigenvalue weighted by Crippen LogP contribution is -2.33. The molecule has 6 nitrogen and oxygen atoms in total. The Hall–Kier alpha value is -1.85. The number of rotatable bonds is 5. The van der Waals surface area contributed by atoms with Crippen LogP contribution in [0.1, 0.15) is 32.4 Å². The van der Waals surface area contributed by atoms with Crippen LogP contribution in [-0.2, 0) is 0 Å². The van der Waals surface area contributed by atoms with Gasteiger partial charge < -0.3 is 15.8 Å². The van der Waals surface area contributed by atoms with Crippen molar-refractivity contribution in [2.45, 2.75) is 32.7 Å². The fraction of sp³-hybridized carbons (Fsp3) is 0.583. The molecule has 0 spiro atoms. The van der Waals surface area contributed by atoms with E-state index in [2.05, 4.69) is 33.9 Å². The van der Waals surface area contributed by atoms with Crippen molar-refractivity contribution >= 4 is 11.7 Å². The highest BCUT2D eigenvalue weighted by Crippen LogP contribution is 2.31. The summed E-state index contributed by atoms with van der Waals surface area (Å²) in [5.74, 6) is 1.61. The van der Waals surface area contributed by atoms with Crippen LogP contribution in [0.3, 0.4) is 0 Å². The van der Waals surface area contributed by atoms with Crippen LogP contribution in [0, 0.1) is 5.92 Å². The first kappa shape index (κ1) is 12.6. The zero-order valence-corrected chi connectivity index (χ0v) is 10.7. The van der Waals surface area contributed by atoms with E-state index in [9.17, 15) is 0 Å². The summed E-state index contributed by atoms with van der Waals surface area (Å²) in [5, 5.41) is 11.5. The SMILES string of the molecule is CC(C)N(CC1CC1)c1cnc(C(N)=NO)cn1. The van der Waals surface area contributed by atoms with Gasteiger partial charge >= 0.3 is 0 Å². The summed E-state index contributed by atoms with van der Waals surface area (Å²) in [5.41, 5.74) is 5.84. The maximum Gasteiger partial charge on any atom is 0.190 e. The van der Waals surface area contributed by atoms with Crippen LogP contribution in [-0.4, -0.2) is 33.6 Å². The fourth-order valence-corrected chi connectivity index (χ4v) is 1.80.